The predicted molar refractivity (Wildman–Crippen MR) is 114 cm³/mol. The first-order chi connectivity index (χ1) is 15.9. The van der Waals surface area contributed by atoms with Gasteiger partial charge in [0.2, 0.25) is 0 Å². The van der Waals surface area contributed by atoms with Gasteiger partial charge in [-0.15, -0.1) is 0 Å². The zero-order chi connectivity index (χ0) is 23.7. The first-order valence-electron chi connectivity index (χ1n) is 11.3. The third-order valence-corrected chi connectivity index (χ3v) is 6.31. The number of hydrogen-bond acceptors (Lipinski definition) is 4. The second kappa shape index (κ2) is 9.71. The fourth-order valence-corrected chi connectivity index (χ4v) is 4.69. The van der Waals surface area contributed by atoms with Crippen LogP contribution in [0.2, 0.25) is 0 Å². The lowest BCUT2D eigenvalue weighted by Gasteiger charge is -2.29. The molecule has 178 valence electrons. The molecule has 2 unspecified atom stereocenters. The SMILES string of the molecule is CCOc1ccc2c(c1F)C(F)C(F)c1c-2ccc(OC(=O)C2CCC(OCC)CC2)c1F. The summed E-state index contributed by atoms with van der Waals surface area (Å²) < 4.78 is 75.9. The first-order valence-corrected chi connectivity index (χ1v) is 11.3. The molecule has 1 saturated carbocycles. The van der Waals surface area contributed by atoms with Crippen molar-refractivity contribution in [1.29, 1.82) is 0 Å². The number of fused-ring (bicyclic) bond motifs is 3. The quantitative estimate of drug-likeness (QED) is 0.275. The van der Waals surface area contributed by atoms with Gasteiger partial charge < -0.3 is 14.2 Å². The Morgan fingerprint density at radius 1 is 0.848 bits per heavy atom. The molecule has 0 aromatic heterocycles. The molecule has 2 aliphatic rings. The largest absolute Gasteiger partial charge is 0.491 e. The van der Waals surface area contributed by atoms with E-state index >= 15 is 8.78 Å². The van der Waals surface area contributed by atoms with Crippen LogP contribution in [0, 0.1) is 17.6 Å². The summed E-state index contributed by atoms with van der Waals surface area (Å²) in [5, 5.41) is 0. The Labute approximate surface area is 189 Å². The molecule has 2 atom stereocenters. The van der Waals surface area contributed by atoms with Crippen molar-refractivity contribution in [2.75, 3.05) is 13.2 Å². The molecule has 2 aromatic carbocycles. The highest BCUT2D eigenvalue weighted by Crippen LogP contribution is 2.52. The van der Waals surface area contributed by atoms with Gasteiger partial charge in [-0.05, 0) is 62.8 Å². The number of hydrogen-bond donors (Lipinski definition) is 0. The number of esters is 1. The number of carbonyl (C=O) groups excluding carboxylic acids is 1. The monoisotopic (exact) mass is 466 g/mol. The van der Waals surface area contributed by atoms with E-state index in [1.807, 2.05) is 6.92 Å². The summed E-state index contributed by atoms with van der Waals surface area (Å²) in [6.07, 6.45) is -2.31. The van der Waals surface area contributed by atoms with E-state index < -0.39 is 52.7 Å². The fourth-order valence-electron chi connectivity index (χ4n) is 4.69. The van der Waals surface area contributed by atoms with Gasteiger partial charge in [0.25, 0.3) is 0 Å². The zero-order valence-electron chi connectivity index (χ0n) is 18.5. The molecule has 0 saturated heterocycles. The minimum absolute atomic E-state index is 0.0165. The summed E-state index contributed by atoms with van der Waals surface area (Å²) in [4.78, 5) is 12.6. The average molecular weight is 466 g/mol. The van der Waals surface area contributed by atoms with Gasteiger partial charge in [-0.1, -0.05) is 12.1 Å². The van der Waals surface area contributed by atoms with E-state index in [4.69, 9.17) is 14.2 Å². The lowest BCUT2D eigenvalue weighted by molar-refractivity contribution is -0.141. The van der Waals surface area contributed by atoms with Crippen molar-refractivity contribution >= 4 is 5.97 Å². The van der Waals surface area contributed by atoms with Gasteiger partial charge in [0.05, 0.1) is 18.6 Å². The van der Waals surface area contributed by atoms with Crippen LogP contribution in [0.5, 0.6) is 11.5 Å². The van der Waals surface area contributed by atoms with Gasteiger partial charge in [-0.2, -0.15) is 0 Å². The van der Waals surface area contributed by atoms with Crippen LogP contribution in [-0.2, 0) is 9.53 Å². The number of alkyl halides is 2. The second-order valence-corrected chi connectivity index (χ2v) is 8.26. The molecule has 4 nitrogen and oxygen atoms in total. The number of rotatable bonds is 6. The molecule has 0 amide bonds. The van der Waals surface area contributed by atoms with Crippen molar-refractivity contribution in [2.45, 2.75) is 58.0 Å². The first kappa shape index (κ1) is 23.5. The fraction of sp³-hybridized carbons (Fsp3) is 0.480. The van der Waals surface area contributed by atoms with E-state index in [1.54, 1.807) is 6.92 Å². The van der Waals surface area contributed by atoms with Gasteiger partial charge in [0.15, 0.2) is 35.5 Å². The van der Waals surface area contributed by atoms with Crippen LogP contribution < -0.4 is 9.47 Å². The minimum atomic E-state index is -2.46. The Kier molecular flexibility index (Phi) is 6.93. The highest BCUT2D eigenvalue weighted by molar-refractivity contribution is 5.79. The van der Waals surface area contributed by atoms with E-state index in [2.05, 4.69) is 0 Å². The highest BCUT2D eigenvalue weighted by atomic mass is 19.2. The van der Waals surface area contributed by atoms with Gasteiger partial charge in [-0.3, -0.25) is 4.79 Å². The maximum Gasteiger partial charge on any atom is 0.314 e. The van der Waals surface area contributed by atoms with E-state index in [-0.39, 0.29) is 29.6 Å². The topological polar surface area (TPSA) is 44.8 Å². The Morgan fingerprint density at radius 2 is 1.39 bits per heavy atom. The Hall–Kier alpha value is -2.61. The Balaban J connectivity index is 1.61. The van der Waals surface area contributed by atoms with Crippen molar-refractivity contribution in [2.24, 2.45) is 5.92 Å². The normalized spacial score (nSPS) is 24.1. The summed E-state index contributed by atoms with van der Waals surface area (Å²) in [7, 11) is 0. The molecule has 0 N–H and O–H groups in total. The van der Waals surface area contributed by atoms with Crippen molar-refractivity contribution in [1.82, 2.24) is 0 Å². The third kappa shape index (κ3) is 4.33. The average Bonchev–Trinajstić information content (AvgIpc) is 2.81. The molecule has 0 heterocycles. The second-order valence-electron chi connectivity index (χ2n) is 8.26. The lowest BCUT2D eigenvalue weighted by Crippen LogP contribution is -2.29. The van der Waals surface area contributed by atoms with E-state index in [0.29, 0.717) is 32.3 Å². The van der Waals surface area contributed by atoms with E-state index in [1.165, 1.54) is 24.3 Å². The molecule has 0 bridgehead atoms. The van der Waals surface area contributed by atoms with Gasteiger partial charge in [-0.25, -0.2) is 17.6 Å². The molecular formula is C25H26F4O4. The van der Waals surface area contributed by atoms with Crippen LogP contribution in [0.3, 0.4) is 0 Å². The van der Waals surface area contributed by atoms with Crippen LogP contribution in [0.1, 0.15) is 63.0 Å². The molecule has 0 spiro atoms. The highest BCUT2D eigenvalue weighted by Gasteiger charge is 2.40. The van der Waals surface area contributed by atoms with Gasteiger partial charge >= 0.3 is 5.97 Å². The van der Waals surface area contributed by atoms with Crippen molar-refractivity contribution in [3.05, 3.63) is 47.0 Å². The lowest BCUT2D eigenvalue weighted by atomic mass is 9.82. The van der Waals surface area contributed by atoms with Gasteiger partial charge in [0.1, 0.15) is 0 Å². The van der Waals surface area contributed by atoms with Crippen LogP contribution >= 0.6 is 0 Å². The van der Waals surface area contributed by atoms with Gasteiger partial charge in [0, 0.05) is 17.7 Å². The van der Waals surface area contributed by atoms with Crippen LogP contribution in [0.25, 0.3) is 11.1 Å². The number of carbonyl (C=O) groups is 1. The van der Waals surface area contributed by atoms with Crippen LogP contribution in [0.4, 0.5) is 17.6 Å². The summed E-state index contributed by atoms with van der Waals surface area (Å²) in [5.41, 5.74) is -1.03. The van der Waals surface area contributed by atoms with Crippen LogP contribution in [-0.4, -0.2) is 25.3 Å². The standard InChI is InChI=1S/C25H26F4O4/c1-3-31-14-7-5-13(6-8-14)25(30)33-18-12-10-16-15-9-11-17(32-4-2)21(26)19(15)23(28)24(29)20(16)22(18)27/h9-14,23-24H,3-8H2,1-2H3. The minimum Gasteiger partial charge on any atom is -0.491 e. The summed E-state index contributed by atoms with van der Waals surface area (Å²) >= 11 is 0. The molecule has 33 heavy (non-hydrogen) atoms. The predicted octanol–water partition coefficient (Wildman–Crippen LogP) is 6.57. The van der Waals surface area contributed by atoms with E-state index in [9.17, 15) is 13.6 Å². The maximum atomic E-state index is 15.2. The zero-order valence-corrected chi connectivity index (χ0v) is 18.5. The summed E-state index contributed by atoms with van der Waals surface area (Å²) in [6.45, 7) is 4.30. The molecule has 2 aliphatic carbocycles. The Bertz CT molecular complexity index is 1030. The smallest absolute Gasteiger partial charge is 0.314 e. The molecule has 2 aromatic rings. The molecule has 1 fully saturated rings. The number of benzene rings is 2. The molecule has 4 rings (SSSR count). The third-order valence-electron chi connectivity index (χ3n) is 6.31. The van der Waals surface area contributed by atoms with Crippen molar-refractivity contribution in [3.8, 4) is 22.6 Å². The summed E-state index contributed by atoms with van der Waals surface area (Å²) in [6, 6.07) is 5.20. The molecular weight excluding hydrogens is 440 g/mol. The van der Waals surface area contributed by atoms with Crippen molar-refractivity contribution in [3.63, 3.8) is 0 Å². The van der Waals surface area contributed by atoms with Crippen molar-refractivity contribution < 1.29 is 36.6 Å². The van der Waals surface area contributed by atoms with E-state index in [0.717, 1.165) is 0 Å². The maximum absolute atomic E-state index is 15.2. The molecule has 0 aliphatic heterocycles. The summed E-state index contributed by atoms with van der Waals surface area (Å²) in [5.74, 6) is -3.85. The van der Waals surface area contributed by atoms with Crippen LogP contribution in [0.15, 0.2) is 24.3 Å². The molecule has 0 radical (unpaired) electrons. The Morgan fingerprint density at radius 3 is 1.94 bits per heavy atom. The molecule has 8 heteroatoms. The number of halogens is 4. The number of ether oxygens (including phenoxy) is 3.